The van der Waals surface area contributed by atoms with Crippen molar-refractivity contribution in [3.63, 3.8) is 0 Å². The molecule has 1 unspecified atom stereocenters. The summed E-state index contributed by atoms with van der Waals surface area (Å²) < 4.78 is 6.11. The van der Waals surface area contributed by atoms with Crippen molar-refractivity contribution in [3.05, 3.63) is 35.9 Å². The van der Waals surface area contributed by atoms with Gasteiger partial charge in [0, 0.05) is 23.6 Å². The molecule has 4 rings (SSSR count). The van der Waals surface area contributed by atoms with Gasteiger partial charge in [-0.3, -0.25) is 0 Å². The van der Waals surface area contributed by atoms with Gasteiger partial charge in [0.25, 0.3) is 0 Å². The summed E-state index contributed by atoms with van der Waals surface area (Å²) >= 11 is 0. The van der Waals surface area contributed by atoms with E-state index >= 15 is 0 Å². The summed E-state index contributed by atoms with van der Waals surface area (Å²) in [5, 5.41) is 14.4. The maximum absolute atomic E-state index is 9.71. The predicted molar refractivity (Wildman–Crippen MR) is 91.5 cm³/mol. The highest BCUT2D eigenvalue weighted by atomic mass is 16.5. The van der Waals surface area contributed by atoms with Crippen molar-refractivity contribution in [1.29, 1.82) is 0 Å². The Labute approximate surface area is 136 Å². The van der Waals surface area contributed by atoms with E-state index in [1.165, 1.54) is 25.7 Å². The smallest absolute Gasteiger partial charge is 0.132 e. The van der Waals surface area contributed by atoms with Gasteiger partial charge in [-0.1, -0.05) is 31.0 Å². The lowest BCUT2D eigenvalue weighted by Crippen LogP contribution is -2.42. The quantitative estimate of drug-likeness (QED) is 0.908. The van der Waals surface area contributed by atoms with Crippen molar-refractivity contribution < 1.29 is 9.84 Å². The number of hydrogen-bond acceptors (Lipinski definition) is 4. The molecule has 2 aliphatic rings. The fraction of sp³-hybridized carbons (Fsp3) is 0.526. The number of benzene rings is 1. The molecule has 1 aromatic carbocycles. The Balaban J connectivity index is 1.59. The van der Waals surface area contributed by atoms with Crippen LogP contribution in [-0.4, -0.2) is 28.3 Å². The van der Waals surface area contributed by atoms with E-state index in [9.17, 15) is 5.11 Å². The lowest BCUT2D eigenvalue weighted by Gasteiger charge is -2.39. The van der Waals surface area contributed by atoms with Gasteiger partial charge in [0.2, 0.25) is 0 Å². The monoisotopic (exact) mass is 312 g/mol. The molecule has 0 radical (unpaired) electrons. The molecule has 2 fully saturated rings. The van der Waals surface area contributed by atoms with Gasteiger partial charge in [0.05, 0.1) is 17.7 Å². The molecule has 2 heterocycles. The fourth-order valence-electron chi connectivity index (χ4n) is 4.12. The Hall–Kier alpha value is -1.65. The number of nitrogens with one attached hydrogen (secondary N) is 1. The number of pyridine rings is 1. The summed E-state index contributed by atoms with van der Waals surface area (Å²) in [5.74, 6) is 0.825. The standard InChI is InChI=1S/C19H24N2O2/c22-13-15-11-14-5-1-2-6-17(14)21-18(15)20-16-7-10-23-19(12-16)8-3-4-9-19/h1-2,5-6,11,16,22H,3-4,7-10,12-13H2,(H,20,21). The van der Waals surface area contributed by atoms with Crippen LogP contribution < -0.4 is 5.32 Å². The van der Waals surface area contributed by atoms with Crippen LogP contribution in [-0.2, 0) is 11.3 Å². The van der Waals surface area contributed by atoms with Gasteiger partial charge >= 0.3 is 0 Å². The van der Waals surface area contributed by atoms with Gasteiger partial charge in [0.1, 0.15) is 5.82 Å². The predicted octanol–water partition coefficient (Wildman–Crippen LogP) is 3.63. The second-order valence-electron chi connectivity index (χ2n) is 6.92. The Bertz CT molecular complexity index is 695. The third kappa shape index (κ3) is 2.93. The van der Waals surface area contributed by atoms with Gasteiger partial charge in [0.15, 0.2) is 0 Å². The third-order valence-corrected chi connectivity index (χ3v) is 5.32. The zero-order valence-corrected chi connectivity index (χ0v) is 13.4. The number of anilines is 1. The van der Waals surface area contributed by atoms with E-state index in [2.05, 4.69) is 5.32 Å². The van der Waals surface area contributed by atoms with Gasteiger partial charge in [-0.15, -0.1) is 0 Å². The van der Waals surface area contributed by atoms with Crippen LogP contribution >= 0.6 is 0 Å². The Kier molecular flexibility index (Phi) is 3.95. The molecule has 1 spiro atoms. The van der Waals surface area contributed by atoms with Crippen LogP contribution in [0.1, 0.15) is 44.1 Å². The van der Waals surface area contributed by atoms with E-state index in [1.54, 1.807) is 0 Å². The number of rotatable bonds is 3. The van der Waals surface area contributed by atoms with Crippen LogP contribution in [0.5, 0.6) is 0 Å². The second-order valence-corrected chi connectivity index (χ2v) is 6.92. The SMILES string of the molecule is OCc1cc2ccccc2nc1NC1CCOC2(CCCC2)C1. The normalized spacial score (nSPS) is 23.4. The first-order valence-electron chi connectivity index (χ1n) is 8.68. The van der Waals surface area contributed by atoms with Crippen molar-refractivity contribution in [2.45, 2.75) is 56.8 Å². The second kappa shape index (κ2) is 6.10. The zero-order valence-electron chi connectivity index (χ0n) is 13.4. The van der Waals surface area contributed by atoms with Gasteiger partial charge in [-0.25, -0.2) is 4.98 Å². The van der Waals surface area contributed by atoms with Gasteiger partial charge in [-0.2, -0.15) is 0 Å². The fourth-order valence-corrected chi connectivity index (χ4v) is 4.12. The number of ether oxygens (including phenoxy) is 1. The highest BCUT2D eigenvalue weighted by Gasteiger charge is 2.40. The zero-order chi connectivity index (χ0) is 15.7. The van der Waals surface area contributed by atoms with E-state index in [4.69, 9.17) is 9.72 Å². The Morgan fingerprint density at radius 2 is 2.09 bits per heavy atom. The minimum absolute atomic E-state index is 0.00846. The molecule has 1 aromatic heterocycles. The number of hydrogen-bond donors (Lipinski definition) is 2. The first-order valence-corrected chi connectivity index (χ1v) is 8.68. The van der Waals surface area contributed by atoms with Crippen molar-refractivity contribution in [2.24, 2.45) is 0 Å². The summed E-state index contributed by atoms with van der Waals surface area (Å²) in [6.45, 7) is 0.828. The highest BCUT2D eigenvalue weighted by Crippen LogP contribution is 2.40. The molecule has 1 saturated heterocycles. The van der Waals surface area contributed by atoms with E-state index in [-0.39, 0.29) is 12.2 Å². The van der Waals surface area contributed by atoms with Crippen LogP contribution in [0.2, 0.25) is 0 Å². The summed E-state index contributed by atoms with van der Waals surface area (Å²) in [6, 6.07) is 10.5. The molecule has 122 valence electrons. The molecular weight excluding hydrogens is 288 g/mol. The summed E-state index contributed by atoms with van der Waals surface area (Å²) in [4.78, 5) is 4.74. The van der Waals surface area contributed by atoms with Gasteiger partial charge < -0.3 is 15.2 Å². The highest BCUT2D eigenvalue weighted by molar-refractivity contribution is 5.81. The largest absolute Gasteiger partial charge is 0.392 e. The van der Waals surface area contributed by atoms with Crippen LogP contribution in [0.25, 0.3) is 10.9 Å². The first kappa shape index (κ1) is 14.9. The number of nitrogens with zero attached hydrogens (tertiary/aromatic N) is 1. The van der Waals surface area contributed by atoms with E-state index in [1.807, 2.05) is 30.3 Å². The topological polar surface area (TPSA) is 54.4 Å². The van der Waals surface area contributed by atoms with Crippen molar-refractivity contribution in [1.82, 2.24) is 4.98 Å². The number of aromatic nitrogens is 1. The number of para-hydroxylation sites is 1. The molecule has 23 heavy (non-hydrogen) atoms. The minimum atomic E-state index is 0.00846. The third-order valence-electron chi connectivity index (χ3n) is 5.32. The van der Waals surface area contributed by atoms with Crippen LogP contribution in [0.15, 0.2) is 30.3 Å². The lowest BCUT2D eigenvalue weighted by molar-refractivity contribution is -0.0767. The van der Waals surface area contributed by atoms with E-state index in [0.29, 0.717) is 6.04 Å². The molecule has 0 amide bonds. The molecule has 2 aromatic rings. The summed E-state index contributed by atoms with van der Waals surface area (Å²) in [6.07, 6.45) is 6.98. The van der Waals surface area contributed by atoms with Crippen LogP contribution in [0.3, 0.4) is 0 Å². The number of aliphatic hydroxyl groups is 1. The average Bonchev–Trinajstić information content (AvgIpc) is 3.02. The van der Waals surface area contributed by atoms with E-state index < -0.39 is 0 Å². The molecule has 2 N–H and O–H groups in total. The molecule has 4 nitrogen and oxygen atoms in total. The van der Waals surface area contributed by atoms with Crippen molar-refractivity contribution in [2.75, 3.05) is 11.9 Å². The Morgan fingerprint density at radius 1 is 1.26 bits per heavy atom. The minimum Gasteiger partial charge on any atom is -0.392 e. The summed E-state index contributed by atoms with van der Waals surface area (Å²) in [5.41, 5.74) is 1.93. The maximum atomic E-state index is 9.71. The Morgan fingerprint density at radius 3 is 2.91 bits per heavy atom. The average molecular weight is 312 g/mol. The molecule has 1 saturated carbocycles. The van der Waals surface area contributed by atoms with Crippen LogP contribution in [0.4, 0.5) is 5.82 Å². The molecular formula is C19H24N2O2. The number of aliphatic hydroxyl groups excluding tert-OH is 1. The first-order chi connectivity index (χ1) is 11.3. The lowest BCUT2D eigenvalue weighted by atomic mass is 9.89. The summed E-state index contributed by atoms with van der Waals surface area (Å²) in [7, 11) is 0. The van der Waals surface area contributed by atoms with E-state index in [0.717, 1.165) is 41.7 Å². The number of fused-ring (bicyclic) bond motifs is 1. The molecule has 1 atom stereocenters. The molecule has 1 aliphatic carbocycles. The van der Waals surface area contributed by atoms with Crippen molar-refractivity contribution >= 4 is 16.7 Å². The maximum Gasteiger partial charge on any atom is 0.132 e. The van der Waals surface area contributed by atoms with Gasteiger partial charge in [-0.05, 0) is 37.8 Å². The molecule has 4 heteroatoms. The molecule has 0 bridgehead atoms. The van der Waals surface area contributed by atoms with Crippen molar-refractivity contribution in [3.8, 4) is 0 Å². The molecule has 1 aliphatic heterocycles. The van der Waals surface area contributed by atoms with Crippen LogP contribution in [0, 0.1) is 0 Å².